The van der Waals surface area contributed by atoms with E-state index in [2.05, 4.69) is 35.9 Å². The van der Waals surface area contributed by atoms with Crippen LogP contribution in [0.15, 0.2) is 18.2 Å². The Hall–Kier alpha value is -1.81. The number of carboxylic acid groups (broad SMARTS) is 1. The van der Waals surface area contributed by atoms with Crippen LogP contribution in [0.1, 0.15) is 48.3 Å². The Morgan fingerprint density at radius 3 is 2.64 bits per heavy atom. The summed E-state index contributed by atoms with van der Waals surface area (Å²) in [6.45, 7) is 9.67. The lowest BCUT2D eigenvalue weighted by Gasteiger charge is -2.39. The van der Waals surface area contributed by atoms with Gasteiger partial charge in [-0.1, -0.05) is 19.9 Å². The number of aromatic amines is 1. The normalized spacial score (nSPS) is 18.7. The minimum absolute atomic E-state index is 0.140. The SMILES string of the molecule is CCN1CCC(C)(c2ccc3[nH]c(C)c(C(=O)O)c3c2)CC1. The Bertz CT molecular complexity index is 709. The zero-order valence-corrected chi connectivity index (χ0v) is 13.6. The highest BCUT2D eigenvalue weighted by molar-refractivity contribution is 6.04. The first-order chi connectivity index (χ1) is 10.4. The van der Waals surface area contributed by atoms with Crippen LogP contribution in [0.25, 0.3) is 10.9 Å². The third-order valence-electron chi connectivity index (χ3n) is 5.30. The molecule has 0 amide bonds. The van der Waals surface area contributed by atoms with E-state index < -0.39 is 5.97 Å². The highest BCUT2D eigenvalue weighted by Crippen LogP contribution is 2.37. The Balaban J connectivity index is 2.01. The molecule has 0 bridgehead atoms. The van der Waals surface area contributed by atoms with Crippen LogP contribution in [-0.2, 0) is 5.41 Å². The molecule has 3 rings (SSSR count). The smallest absolute Gasteiger partial charge is 0.338 e. The molecule has 4 heteroatoms. The fraction of sp³-hybridized carbons (Fsp3) is 0.500. The summed E-state index contributed by atoms with van der Waals surface area (Å²) in [6, 6.07) is 6.27. The molecule has 118 valence electrons. The molecule has 0 radical (unpaired) electrons. The van der Waals surface area contributed by atoms with E-state index in [0.717, 1.165) is 49.1 Å². The number of hydrogen-bond donors (Lipinski definition) is 2. The summed E-state index contributed by atoms with van der Waals surface area (Å²) in [4.78, 5) is 17.2. The lowest BCUT2D eigenvalue weighted by atomic mass is 9.74. The van der Waals surface area contributed by atoms with Crippen molar-refractivity contribution in [3.05, 3.63) is 35.0 Å². The van der Waals surface area contributed by atoms with Gasteiger partial charge in [-0.15, -0.1) is 0 Å². The van der Waals surface area contributed by atoms with E-state index in [-0.39, 0.29) is 5.41 Å². The zero-order valence-electron chi connectivity index (χ0n) is 13.6. The molecular weight excluding hydrogens is 276 g/mol. The predicted molar refractivity (Wildman–Crippen MR) is 88.7 cm³/mol. The fourth-order valence-corrected chi connectivity index (χ4v) is 3.63. The molecule has 1 aliphatic rings. The van der Waals surface area contributed by atoms with Crippen LogP contribution < -0.4 is 0 Å². The zero-order chi connectivity index (χ0) is 15.9. The van der Waals surface area contributed by atoms with Gasteiger partial charge in [-0.3, -0.25) is 0 Å². The minimum atomic E-state index is -0.855. The molecule has 4 nitrogen and oxygen atoms in total. The molecule has 1 aliphatic heterocycles. The lowest BCUT2D eigenvalue weighted by Crippen LogP contribution is -2.40. The maximum atomic E-state index is 11.5. The quantitative estimate of drug-likeness (QED) is 0.911. The maximum Gasteiger partial charge on any atom is 0.338 e. The van der Waals surface area contributed by atoms with E-state index in [1.165, 1.54) is 5.56 Å². The van der Waals surface area contributed by atoms with Crippen molar-refractivity contribution in [3.8, 4) is 0 Å². The van der Waals surface area contributed by atoms with E-state index in [1.807, 2.05) is 13.0 Å². The van der Waals surface area contributed by atoms with Gasteiger partial charge in [-0.25, -0.2) is 4.79 Å². The van der Waals surface area contributed by atoms with Gasteiger partial charge < -0.3 is 15.0 Å². The number of H-pyrrole nitrogens is 1. The van der Waals surface area contributed by atoms with E-state index >= 15 is 0 Å². The van der Waals surface area contributed by atoms with Crippen molar-refractivity contribution in [2.75, 3.05) is 19.6 Å². The molecule has 1 saturated heterocycles. The highest BCUT2D eigenvalue weighted by Gasteiger charge is 2.31. The number of aryl methyl sites for hydroxylation is 1. The molecule has 2 heterocycles. The Kier molecular flexibility index (Phi) is 3.73. The van der Waals surface area contributed by atoms with Crippen molar-refractivity contribution >= 4 is 16.9 Å². The van der Waals surface area contributed by atoms with Crippen LogP contribution in [-0.4, -0.2) is 40.6 Å². The topological polar surface area (TPSA) is 56.3 Å². The van der Waals surface area contributed by atoms with Gasteiger partial charge in [0.2, 0.25) is 0 Å². The van der Waals surface area contributed by atoms with Gasteiger partial charge in [0, 0.05) is 16.6 Å². The second-order valence-corrected chi connectivity index (χ2v) is 6.69. The summed E-state index contributed by atoms with van der Waals surface area (Å²) in [6.07, 6.45) is 2.25. The number of nitrogens with zero attached hydrogens (tertiary/aromatic N) is 1. The first kappa shape index (κ1) is 15.1. The van der Waals surface area contributed by atoms with E-state index in [4.69, 9.17) is 0 Å². The summed E-state index contributed by atoms with van der Waals surface area (Å²) in [5, 5.41) is 10.3. The van der Waals surface area contributed by atoms with Gasteiger partial charge in [0.05, 0.1) is 5.56 Å². The summed E-state index contributed by atoms with van der Waals surface area (Å²) in [5.41, 5.74) is 3.45. The van der Waals surface area contributed by atoms with E-state index in [1.54, 1.807) is 0 Å². The summed E-state index contributed by atoms with van der Waals surface area (Å²) in [5.74, 6) is -0.855. The number of carbonyl (C=O) groups is 1. The second-order valence-electron chi connectivity index (χ2n) is 6.69. The first-order valence-electron chi connectivity index (χ1n) is 8.03. The molecule has 22 heavy (non-hydrogen) atoms. The van der Waals surface area contributed by atoms with Crippen molar-refractivity contribution in [1.29, 1.82) is 0 Å². The van der Waals surface area contributed by atoms with Crippen LogP contribution >= 0.6 is 0 Å². The van der Waals surface area contributed by atoms with Gasteiger partial charge in [0.1, 0.15) is 0 Å². The summed E-state index contributed by atoms with van der Waals surface area (Å²) >= 11 is 0. The Labute approximate surface area is 131 Å². The van der Waals surface area contributed by atoms with Crippen molar-refractivity contribution < 1.29 is 9.90 Å². The number of aromatic carboxylic acids is 1. The fourth-order valence-electron chi connectivity index (χ4n) is 3.63. The van der Waals surface area contributed by atoms with Gasteiger partial charge in [-0.2, -0.15) is 0 Å². The molecule has 0 atom stereocenters. The highest BCUT2D eigenvalue weighted by atomic mass is 16.4. The number of rotatable bonds is 3. The number of hydrogen-bond acceptors (Lipinski definition) is 2. The molecule has 1 aromatic carbocycles. The molecule has 2 aromatic rings. The average Bonchev–Trinajstić information content (AvgIpc) is 2.83. The molecule has 1 fully saturated rings. The van der Waals surface area contributed by atoms with Gasteiger partial charge in [-0.05, 0) is 62.5 Å². The third kappa shape index (κ3) is 2.41. The van der Waals surface area contributed by atoms with Crippen LogP contribution in [0.3, 0.4) is 0 Å². The average molecular weight is 300 g/mol. The maximum absolute atomic E-state index is 11.5. The largest absolute Gasteiger partial charge is 0.478 e. The van der Waals surface area contributed by atoms with E-state index in [9.17, 15) is 9.90 Å². The first-order valence-corrected chi connectivity index (χ1v) is 8.03. The lowest BCUT2D eigenvalue weighted by molar-refractivity contribution is 0.0698. The van der Waals surface area contributed by atoms with Crippen molar-refractivity contribution in [3.63, 3.8) is 0 Å². The number of piperidine rings is 1. The van der Waals surface area contributed by atoms with Crippen LogP contribution in [0, 0.1) is 6.92 Å². The summed E-state index contributed by atoms with van der Waals surface area (Å²) in [7, 11) is 0. The number of aromatic nitrogens is 1. The Morgan fingerprint density at radius 2 is 2.05 bits per heavy atom. The molecule has 0 aliphatic carbocycles. The standard InChI is InChI=1S/C18H24N2O2/c1-4-20-9-7-18(3,8-10-20)13-5-6-15-14(11-13)16(17(21)22)12(2)19-15/h5-6,11,19H,4,7-10H2,1-3H3,(H,21,22). The van der Waals surface area contributed by atoms with Crippen LogP contribution in [0.5, 0.6) is 0 Å². The van der Waals surface area contributed by atoms with Gasteiger partial charge in [0.25, 0.3) is 0 Å². The number of benzene rings is 1. The van der Waals surface area contributed by atoms with Crippen molar-refractivity contribution in [2.45, 2.75) is 39.0 Å². The molecular formula is C18H24N2O2. The molecule has 2 N–H and O–H groups in total. The predicted octanol–water partition coefficient (Wildman–Crippen LogP) is 3.55. The van der Waals surface area contributed by atoms with Crippen LogP contribution in [0.4, 0.5) is 0 Å². The summed E-state index contributed by atoms with van der Waals surface area (Å²) < 4.78 is 0. The Morgan fingerprint density at radius 1 is 1.36 bits per heavy atom. The molecule has 1 aromatic heterocycles. The third-order valence-corrected chi connectivity index (χ3v) is 5.30. The number of nitrogens with one attached hydrogen (secondary N) is 1. The number of fused-ring (bicyclic) bond motifs is 1. The van der Waals surface area contributed by atoms with Crippen molar-refractivity contribution in [2.24, 2.45) is 0 Å². The molecule has 0 spiro atoms. The molecule has 0 saturated carbocycles. The van der Waals surface area contributed by atoms with E-state index in [0.29, 0.717) is 5.56 Å². The minimum Gasteiger partial charge on any atom is -0.478 e. The monoisotopic (exact) mass is 300 g/mol. The number of likely N-dealkylation sites (tertiary alicyclic amines) is 1. The van der Waals surface area contributed by atoms with Gasteiger partial charge >= 0.3 is 5.97 Å². The van der Waals surface area contributed by atoms with Crippen molar-refractivity contribution in [1.82, 2.24) is 9.88 Å². The molecule has 0 unspecified atom stereocenters. The van der Waals surface area contributed by atoms with Crippen LogP contribution in [0.2, 0.25) is 0 Å². The number of carboxylic acids is 1. The van der Waals surface area contributed by atoms with Gasteiger partial charge in [0.15, 0.2) is 0 Å². The second kappa shape index (κ2) is 5.43.